The van der Waals surface area contributed by atoms with Crippen molar-refractivity contribution in [1.29, 1.82) is 5.26 Å². The summed E-state index contributed by atoms with van der Waals surface area (Å²) in [4.78, 5) is 0. The molecule has 1 aromatic rings. The molecule has 0 spiro atoms. The first-order chi connectivity index (χ1) is 8.76. The highest BCUT2D eigenvalue weighted by atomic mass is 16.5. The number of hydrogen-bond acceptors (Lipinski definition) is 2. The molecule has 0 heterocycles. The van der Waals surface area contributed by atoms with E-state index in [1.54, 1.807) is 12.1 Å². The molecule has 2 heteroatoms. The van der Waals surface area contributed by atoms with Gasteiger partial charge in [-0.05, 0) is 36.6 Å². The van der Waals surface area contributed by atoms with E-state index in [4.69, 9.17) is 10.00 Å². The second kappa shape index (κ2) is 8.58. The molecule has 0 amide bonds. The van der Waals surface area contributed by atoms with Crippen LogP contribution in [0.1, 0.15) is 51.5 Å². The van der Waals surface area contributed by atoms with Gasteiger partial charge in [0.05, 0.1) is 18.2 Å². The van der Waals surface area contributed by atoms with Crippen LogP contribution in [0.15, 0.2) is 24.3 Å². The van der Waals surface area contributed by atoms with Crippen LogP contribution in [0.3, 0.4) is 0 Å². The molecule has 1 atom stereocenters. The summed E-state index contributed by atoms with van der Waals surface area (Å²) in [5.74, 6) is 1.71. The van der Waals surface area contributed by atoms with E-state index in [9.17, 15) is 0 Å². The lowest BCUT2D eigenvalue weighted by Crippen LogP contribution is -1.98. The van der Waals surface area contributed by atoms with Gasteiger partial charge in [-0.2, -0.15) is 5.26 Å². The van der Waals surface area contributed by atoms with Gasteiger partial charge in [0.2, 0.25) is 0 Å². The van der Waals surface area contributed by atoms with Crippen molar-refractivity contribution >= 4 is 0 Å². The first kappa shape index (κ1) is 14.6. The molecule has 0 N–H and O–H groups in total. The van der Waals surface area contributed by atoms with Crippen LogP contribution in [0.5, 0.6) is 5.75 Å². The average molecular weight is 245 g/mol. The van der Waals surface area contributed by atoms with Crippen LogP contribution in [0.25, 0.3) is 0 Å². The lowest BCUT2D eigenvalue weighted by atomic mass is 10.0. The first-order valence-corrected chi connectivity index (χ1v) is 6.89. The number of unbranched alkanes of at least 4 members (excludes halogenated alkanes) is 2. The fourth-order valence-corrected chi connectivity index (χ4v) is 1.79. The summed E-state index contributed by atoms with van der Waals surface area (Å²) in [6, 6.07) is 9.40. The molecular weight excluding hydrogens is 222 g/mol. The summed E-state index contributed by atoms with van der Waals surface area (Å²) in [5.41, 5.74) is 0.677. The minimum atomic E-state index is 0.677. The number of nitriles is 1. The van der Waals surface area contributed by atoms with Gasteiger partial charge in [-0.15, -0.1) is 0 Å². The van der Waals surface area contributed by atoms with Crippen LogP contribution in [0.4, 0.5) is 0 Å². The van der Waals surface area contributed by atoms with Gasteiger partial charge in [0.1, 0.15) is 5.75 Å². The van der Waals surface area contributed by atoms with Crippen molar-refractivity contribution in [1.82, 2.24) is 0 Å². The summed E-state index contributed by atoms with van der Waals surface area (Å²) in [6.45, 7) is 5.33. The van der Waals surface area contributed by atoms with E-state index in [1.165, 1.54) is 25.7 Å². The largest absolute Gasteiger partial charge is 0.494 e. The standard InChI is InChI=1S/C16H23NO/c1-3-14(2)7-5-4-6-12-18-16-10-8-15(13-17)9-11-16/h8-11,14H,3-7,12H2,1-2H3. The second-order valence-corrected chi connectivity index (χ2v) is 4.85. The fourth-order valence-electron chi connectivity index (χ4n) is 1.79. The number of ether oxygens (including phenoxy) is 1. The third-order valence-corrected chi connectivity index (χ3v) is 3.29. The van der Waals surface area contributed by atoms with Crippen LogP contribution in [-0.4, -0.2) is 6.61 Å². The zero-order chi connectivity index (χ0) is 13.2. The second-order valence-electron chi connectivity index (χ2n) is 4.85. The molecule has 2 nitrogen and oxygen atoms in total. The Bertz CT molecular complexity index is 364. The topological polar surface area (TPSA) is 33.0 Å². The Labute approximate surface area is 111 Å². The van der Waals surface area contributed by atoms with Crippen LogP contribution in [0.2, 0.25) is 0 Å². The van der Waals surface area contributed by atoms with Crippen molar-refractivity contribution in [2.24, 2.45) is 5.92 Å². The minimum absolute atomic E-state index is 0.677. The number of hydrogen-bond donors (Lipinski definition) is 0. The third-order valence-electron chi connectivity index (χ3n) is 3.29. The normalized spacial score (nSPS) is 11.8. The van der Waals surface area contributed by atoms with E-state index in [-0.39, 0.29) is 0 Å². The molecule has 1 rings (SSSR count). The summed E-state index contributed by atoms with van der Waals surface area (Å²) in [5, 5.41) is 8.68. The lowest BCUT2D eigenvalue weighted by molar-refractivity contribution is 0.302. The van der Waals surface area contributed by atoms with Gasteiger partial charge in [-0.1, -0.05) is 39.5 Å². The summed E-state index contributed by atoms with van der Waals surface area (Å²) >= 11 is 0. The van der Waals surface area contributed by atoms with Crippen molar-refractivity contribution in [2.75, 3.05) is 6.61 Å². The Balaban J connectivity index is 2.09. The van der Waals surface area contributed by atoms with Crippen LogP contribution < -0.4 is 4.74 Å². The van der Waals surface area contributed by atoms with E-state index in [2.05, 4.69) is 19.9 Å². The van der Waals surface area contributed by atoms with Gasteiger partial charge in [-0.25, -0.2) is 0 Å². The van der Waals surface area contributed by atoms with Gasteiger partial charge < -0.3 is 4.74 Å². The predicted octanol–water partition coefficient (Wildman–Crippen LogP) is 4.54. The zero-order valence-corrected chi connectivity index (χ0v) is 11.5. The Morgan fingerprint density at radius 2 is 1.89 bits per heavy atom. The Morgan fingerprint density at radius 3 is 2.50 bits per heavy atom. The van der Waals surface area contributed by atoms with Gasteiger partial charge >= 0.3 is 0 Å². The SMILES string of the molecule is CCC(C)CCCCCOc1ccc(C#N)cc1. The monoisotopic (exact) mass is 245 g/mol. The highest BCUT2D eigenvalue weighted by molar-refractivity contribution is 5.34. The van der Waals surface area contributed by atoms with Crippen molar-refractivity contribution in [3.63, 3.8) is 0 Å². The van der Waals surface area contributed by atoms with Crippen LogP contribution >= 0.6 is 0 Å². The van der Waals surface area contributed by atoms with Crippen LogP contribution in [0, 0.1) is 17.2 Å². The molecule has 0 saturated heterocycles. The Morgan fingerprint density at radius 1 is 1.17 bits per heavy atom. The van der Waals surface area contributed by atoms with E-state index in [1.807, 2.05) is 12.1 Å². The summed E-state index contributed by atoms with van der Waals surface area (Å²) in [6.07, 6.45) is 6.25. The third kappa shape index (κ3) is 5.72. The zero-order valence-electron chi connectivity index (χ0n) is 11.5. The molecule has 0 radical (unpaired) electrons. The fraction of sp³-hybridized carbons (Fsp3) is 0.562. The van der Waals surface area contributed by atoms with E-state index < -0.39 is 0 Å². The highest BCUT2D eigenvalue weighted by Crippen LogP contribution is 2.14. The van der Waals surface area contributed by atoms with E-state index in [0.717, 1.165) is 24.7 Å². The summed E-state index contributed by atoms with van der Waals surface area (Å²) < 4.78 is 5.63. The van der Waals surface area contributed by atoms with E-state index in [0.29, 0.717) is 5.56 Å². The minimum Gasteiger partial charge on any atom is -0.494 e. The highest BCUT2D eigenvalue weighted by Gasteiger charge is 1.99. The first-order valence-electron chi connectivity index (χ1n) is 6.89. The molecule has 18 heavy (non-hydrogen) atoms. The maximum Gasteiger partial charge on any atom is 0.119 e. The van der Waals surface area contributed by atoms with Crippen molar-refractivity contribution in [3.8, 4) is 11.8 Å². The maximum absolute atomic E-state index is 8.68. The molecule has 0 aliphatic rings. The molecule has 0 fully saturated rings. The number of benzene rings is 1. The van der Waals surface area contributed by atoms with Gasteiger partial charge in [-0.3, -0.25) is 0 Å². The Kier molecular flexibility index (Phi) is 6.94. The number of rotatable bonds is 8. The van der Waals surface area contributed by atoms with Gasteiger partial charge in [0.25, 0.3) is 0 Å². The smallest absolute Gasteiger partial charge is 0.119 e. The van der Waals surface area contributed by atoms with Crippen molar-refractivity contribution < 1.29 is 4.74 Å². The molecule has 98 valence electrons. The number of nitrogens with zero attached hydrogens (tertiary/aromatic N) is 1. The molecular formula is C16H23NO. The molecule has 1 unspecified atom stereocenters. The molecule has 1 aromatic carbocycles. The predicted molar refractivity (Wildman–Crippen MR) is 74.6 cm³/mol. The average Bonchev–Trinajstić information content (AvgIpc) is 2.43. The quantitative estimate of drug-likeness (QED) is 0.630. The van der Waals surface area contributed by atoms with Crippen LogP contribution in [-0.2, 0) is 0 Å². The molecule has 0 aliphatic heterocycles. The van der Waals surface area contributed by atoms with Crippen molar-refractivity contribution in [3.05, 3.63) is 29.8 Å². The Hall–Kier alpha value is -1.49. The van der Waals surface area contributed by atoms with Gasteiger partial charge in [0, 0.05) is 0 Å². The molecule has 0 aromatic heterocycles. The van der Waals surface area contributed by atoms with Gasteiger partial charge in [0.15, 0.2) is 0 Å². The van der Waals surface area contributed by atoms with Crippen molar-refractivity contribution in [2.45, 2.75) is 46.0 Å². The molecule has 0 aliphatic carbocycles. The molecule has 0 bridgehead atoms. The molecule has 0 saturated carbocycles. The van der Waals surface area contributed by atoms with E-state index >= 15 is 0 Å². The summed E-state index contributed by atoms with van der Waals surface area (Å²) in [7, 11) is 0. The lowest BCUT2D eigenvalue weighted by Gasteiger charge is -2.08. The maximum atomic E-state index is 8.68.